The van der Waals surface area contributed by atoms with Crippen LogP contribution in [0.2, 0.25) is 5.02 Å². The van der Waals surface area contributed by atoms with Gasteiger partial charge < -0.3 is 9.90 Å². The summed E-state index contributed by atoms with van der Waals surface area (Å²) in [6, 6.07) is 7.22. The molecular weight excluding hydrogens is 274 g/mol. The number of benzene rings is 1. The molecule has 0 bridgehead atoms. The first-order valence-electron chi connectivity index (χ1n) is 5.27. The Balaban J connectivity index is 1.99. The summed E-state index contributed by atoms with van der Waals surface area (Å²) in [5, 5.41) is 11.1. The van der Waals surface area contributed by atoms with Crippen LogP contribution < -0.4 is 5.11 Å². The summed E-state index contributed by atoms with van der Waals surface area (Å²) in [4.78, 5) is 25.8. The van der Waals surface area contributed by atoms with Gasteiger partial charge in [-0.15, -0.1) is 0 Å². The highest BCUT2D eigenvalue weighted by molar-refractivity contribution is 8.15. The van der Waals surface area contributed by atoms with Crippen LogP contribution in [0, 0.1) is 0 Å². The topological polar surface area (TPSA) is 69.6 Å². The van der Waals surface area contributed by atoms with Crippen LogP contribution in [0.3, 0.4) is 0 Å². The molecule has 2 rings (SSSR count). The van der Waals surface area contributed by atoms with Crippen molar-refractivity contribution >= 4 is 40.3 Å². The van der Waals surface area contributed by atoms with Crippen LogP contribution in [0.5, 0.6) is 0 Å². The SMILES string of the molecule is O=C([O-])C[C@@H]1SC(Cc2ccc(Cl)cc2)=NC1=O. The van der Waals surface area contributed by atoms with Gasteiger partial charge in [0.1, 0.15) is 0 Å². The Kier molecular flexibility index (Phi) is 4.04. The zero-order chi connectivity index (χ0) is 13.1. The number of hydrogen-bond acceptors (Lipinski definition) is 4. The number of hydrogen-bond donors (Lipinski definition) is 0. The number of aliphatic imine (C=N–C) groups is 1. The third kappa shape index (κ3) is 3.34. The van der Waals surface area contributed by atoms with E-state index in [0.717, 1.165) is 5.56 Å². The smallest absolute Gasteiger partial charge is 0.260 e. The molecule has 0 radical (unpaired) electrons. The summed E-state index contributed by atoms with van der Waals surface area (Å²) in [6.07, 6.45) is 0.217. The molecule has 0 spiro atoms. The lowest BCUT2D eigenvalue weighted by molar-refractivity contribution is -0.305. The lowest BCUT2D eigenvalue weighted by Crippen LogP contribution is -2.28. The van der Waals surface area contributed by atoms with E-state index in [-0.39, 0.29) is 6.42 Å². The van der Waals surface area contributed by atoms with Crippen molar-refractivity contribution in [3.63, 3.8) is 0 Å². The molecule has 6 heteroatoms. The van der Waals surface area contributed by atoms with Crippen LogP contribution in [-0.4, -0.2) is 22.2 Å². The maximum Gasteiger partial charge on any atom is 0.260 e. The van der Waals surface area contributed by atoms with Crippen molar-refractivity contribution < 1.29 is 14.7 Å². The fraction of sp³-hybridized carbons (Fsp3) is 0.250. The Morgan fingerprint density at radius 3 is 2.67 bits per heavy atom. The Morgan fingerprint density at radius 1 is 1.39 bits per heavy atom. The van der Waals surface area contributed by atoms with E-state index in [1.165, 1.54) is 11.8 Å². The molecule has 1 aromatic rings. The minimum absolute atomic E-state index is 0.295. The van der Waals surface area contributed by atoms with Gasteiger partial charge in [-0.2, -0.15) is 0 Å². The minimum atomic E-state index is -1.23. The van der Waals surface area contributed by atoms with E-state index in [4.69, 9.17) is 11.6 Å². The largest absolute Gasteiger partial charge is 0.550 e. The standard InChI is InChI=1S/C12H10ClNO3S/c13-8-3-1-7(2-4-8)5-10-14-12(17)9(18-10)6-11(15)16/h1-4,9H,5-6H2,(H,15,16)/p-1/t9-/m0/s1. The number of nitrogens with zero attached hydrogens (tertiary/aromatic N) is 1. The van der Waals surface area contributed by atoms with E-state index in [9.17, 15) is 14.7 Å². The van der Waals surface area contributed by atoms with Gasteiger partial charge in [0.25, 0.3) is 5.91 Å². The fourth-order valence-electron chi connectivity index (χ4n) is 1.57. The Hall–Kier alpha value is -1.33. The van der Waals surface area contributed by atoms with Crippen molar-refractivity contribution in [1.29, 1.82) is 0 Å². The van der Waals surface area contributed by atoms with Gasteiger partial charge in [0.15, 0.2) is 0 Å². The van der Waals surface area contributed by atoms with Crippen LogP contribution in [-0.2, 0) is 16.0 Å². The summed E-state index contributed by atoms with van der Waals surface area (Å²) >= 11 is 6.96. The zero-order valence-electron chi connectivity index (χ0n) is 9.26. The molecule has 0 N–H and O–H groups in total. The van der Waals surface area contributed by atoms with Crippen LogP contribution in [0.1, 0.15) is 12.0 Å². The highest BCUT2D eigenvalue weighted by Crippen LogP contribution is 2.27. The molecule has 1 aliphatic rings. The molecule has 94 valence electrons. The molecule has 1 aliphatic heterocycles. The normalized spacial score (nSPS) is 18.8. The number of thioether (sulfide) groups is 1. The number of carbonyl (C=O) groups is 2. The minimum Gasteiger partial charge on any atom is -0.550 e. The molecule has 1 heterocycles. The predicted molar refractivity (Wildman–Crippen MR) is 68.6 cm³/mol. The monoisotopic (exact) mass is 282 g/mol. The van der Waals surface area contributed by atoms with Gasteiger partial charge in [-0.05, 0) is 17.7 Å². The Bertz CT molecular complexity index is 513. The molecular formula is C12H9ClNO3S-. The van der Waals surface area contributed by atoms with E-state index in [1.807, 2.05) is 12.1 Å². The number of halogens is 1. The molecule has 0 aromatic heterocycles. The lowest BCUT2D eigenvalue weighted by Gasteiger charge is -2.07. The number of amides is 1. The number of carboxylic acid groups (broad SMARTS) is 1. The van der Waals surface area contributed by atoms with E-state index in [2.05, 4.69) is 4.99 Å². The average Bonchev–Trinajstić information content (AvgIpc) is 2.62. The zero-order valence-corrected chi connectivity index (χ0v) is 10.8. The average molecular weight is 283 g/mol. The van der Waals surface area contributed by atoms with Gasteiger partial charge in [-0.25, -0.2) is 4.99 Å². The molecule has 1 atom stereocenters. The second kappa shape index (κ2) is 5.54. The quantitative estimate of drug-likeness (QED) is 0.828. The summed E-state index contributed by atoms with van der Waals surface area (Å²) in [6.45, 7) is 0. The first-order chi connectivity index (χ1) is 8.54. The second-order valence-electron chi connectivity index (χ2n) is 3.83. The van der Waals surface area contributed by atoms with Crippen molar-refractivity contribution in [3.05, 3.63) is 34.9 Å². The molecule has 1 amide bonds. The number of carboxylic acids is 1. The highest BCUT2D eigenvalue weighted by atomic mass is 35.5. The molecule has 0 aliphatic carbocycles. The summed E-state index contributed by atoms with van der Waals surface area (Å²) in [5.74, 6) is -1.63. The molecule has 0 saturated heterocycles. The van der Waals surface area contributed by atoms with Crippen molar-refractivity contribution in [2.24, 2.45) is 4.99 Å². The molecule has 1 aromatic carbocycles. The van der Waals surface area contributed by atoms with Crippen molar-refractivity contribution in [1.82, 2.24) is 0 Å². The Labute approximate surface area is 113 Å². The van der Waals surface area contributed by atoms with Crippen LogP contribution in [0.25, 0.3) is 0 Å². The van der Waals surface area contributed by atoms with E-state index >= 15 is 0 Å². The maximum absolute atomic E-state index is 11.4. The van der Waals surface area contributed by atoms with Crippen molar-refractivity contribution in [3.8, 4) is 0 Å². The van der Waals surface area contributed by atoms with Gasteiger partial charge in [-0.1, -0.05) is 35.5 Å². The first kappa shape index (κ1) is 13.1. The van der Waals surface area contributed by atoms with Gasteiger partial charge in [-0.3, -0.25) is 4.79 Å². The van der Waals surface area contributed by atoms with Gasteiger partial charge in [0.2, 0.25) is 0 Å². The van der Waals surface area contributed by atoms with Gasteiger partial charge >= 0.3 is 0 Å². The van der Waals surface area contributed by atoms with Crippen molar-refractivity contribution in [2.75, 3.05) is 0 Å². The number of aliphatic carboxylic acids is 1. The van der Waals surface area contributed by atoms with Gasteiger partial charge in [0, 0.05) is 23.8 Å². The summed E-state index contributed by atoms with van der Waals surface area (Å²) in [7, 11) is 0. The number of rotatable bonds is 4. The second-order valence-corrected chi connectivity index (χ2v) is 5.54. The third-order valence-electron chi connectivity index (χ3n) is 2.41. The van der Waals surface area contributed by atoms with Gasteiger partial charge in [0.05, 0.1) is 10.3 Å². The van der Waals surface area contributed by atoms with E-state index in [1.54, 1.807) is 12.1 Å². The predicted octanol–water partition coefficient (Wildman–Crippen LogP) is 1.06. The third-order valence-corrected chi connectivity index (χ3v) is 3.82. The molecule has 4 nitrogen and oxygen atoms in total. The van der Waals surface area contributed by atoms with E-state index in [0.29, 0.717) is 16.5 Å². The number of carbonyl (C=O) groups excluding carboxylic acids is 2. The van der Waals surface area contributed by atoms with Crippen LogP contribution in [0.15, 0.2) is 29.3 Å². The molecule has 0 unspecified atom stereocenters. The Morgan fingerprint density at radius 2 is 2.06 bits per heavy atom. The summed E-state index contributed by atoms with van der Waals surface area (Å²) < 4.78 is 0. The van der Waals surface area contributed by atoms with Crippen molar-refractivity contribution in [2.45, 2.75) is 18.1 Å². The van der Waals surface area contributed by atoms with Crippen LogP contribution in [0.4, 0.5) is 0 Å². The molecule has 18 heavy (non-hydrogen) atoms. The van der Waals surface area contributed by atoms with Crippen LogP contribution >= 0.6 is 23.4 Å². The van der Waals surface area contributed by atoms with E-state index < -0.39 is 17.1 Å². The lowest BCUT2D eigenvalue weighted by atomic mass is 10.2. The molecule has 0 saturated carbocycles. The fourth-order valence-corrected chi connectivity index (χ4v) is 2.79. The highest BCUT2D eigenvalue weighted by Gasteiger charge is 2.28. The summed E-state index contributed by atoms with van der Waals surface area (Å²) in [5.41, 5.74) is 0.979. The maximum atomic E-state index is 11.4. The molecule has 0 fully saturated rings. The first-order valence-corrected chi connectivity index (χ1v) is 6.52.